The zero-order chi connectivity index (χ0) is 5.40. The van der Waals surface area contributed by atoms with Crippen molar-refractivity contribution in [1.29, 1.82) is 0 Å². The van der Waals surface area contributed by atoms with Gasteiger partial charge in [-0.3, -0.25) is 10.3 Å². The van der Waals surface area contributed by atoms with Crippen LogP contribution in [0.2, 0.25) is 0 Å². The molecule has 1 saturated heterocycles. The first-order valence-corrected chi connectivity index (χ1v) is 2.73. The maximum atomic E-state index is 4.94. The van der Waals surface area contributed by atoms with Crippen molar-refractivity contribution in [3.05, 3.63) is 23.9 Å². The molecule has 2 heteroatoms. The highest BCUT2D eigenvalue weighted by molar-refractivity contribution is 5.26. The van der Waals surface area contributed by atoms with E-state index in [-0.39, 0.29) is 0 Å². The summed E-state index contributed by atoms with van der Waals surface area (Å²) in [6.45, 7) is 0.794. The van der Waals surface area contributed by atoms with Gasteiger partial charge in [0, 0.05) is 11.6 Å². The average molecular weight is 109 g/mol. The maximum Gasteiger partial charge on any atom is 0.0864 e. The van der Waals surface area contributed by atoms with Gasteiger partial charge in [-0.05, 0) is 6.08 Å². The van der Waals surface area contributed by atoms with Gasteiger partial charge in [0.1, 0.15) is 0 Å². The minimum Gasteiger partial charge on any atom is -0.275 e. The van der Waals surface area contributed by atoms with Crippen LogP contribution >= 0.6 is 0 Å². The Morgan fingerprint density at radius 1 is 1.75 bits per heavy atom. The lowest BCUT2D eigenvalue weighted by Crippen LogP contribution is -2.01. The van der Waals surface area contributed by atoms with Gasteiger partial charge in [0.25, 0.3) is 0 Å². The number of allylic oxidation sites excluding steroid dienone is 2. The lowest BCUT2D eigenvalue weighted by molar-refractivity contribution is 0.107. The molecule has 0 saturated carbocycles. The summed E-state index contributed by atoms with van der Waals surface area (Å²) in [5.74, 6) is 0.523. The molecule has 0 aromatic rings. The second-order valence-electron chi connectivity index (χ2n) is 2.03. The lowest BCUT2D eigenvalue weighted by Gasteiger charge is -1.92. The van der Waals surface area contributed by atoms with E-state index >= 15 is 0 Å². The SMILES string of the molecule is C1=CC2CONC2=C1. The van der Waals surface area contributed by atoms with Crippen molar-refractivity contribution >= 4 is 0 Å². The number of hydrogen-bond acceptors (Lipinski definition) is 2. The summed E-state index contributed by atoms with van der Waals surface area (Å²) in [5, 5.41) is 0. The number of hydroxylamine groups is 1. The fourth-order valence-electron chi connectivity index (χ4n) is 0.990. The van der Waals surface area contributed by atoms with Gasteiger partial charge in [-0.2, -0.15) is 0 Å². The summed E-state index contributed by atoms with van der Waals surface area (Å²) < 4.78 is 0. The van der Waals surface area contributed by atoms with Crippen LogP contribution in [0, 0.1) is 5.92 Å². The predicted octanol–water partition coefficient (Wildman–Crippen LogP) is 0.591. The fraction of sp³-hybridized carbons (Fsp3) is 0.333. The van der Waals surface area contributed by atoms with Crippen molar-refractivity contribution in [1.82, 2.24) is 5.48 Å². The van der Waals surface area contributed by atoms with Crippen LogP contribution in [-0.4, -0.2) is 6.61 Å². The molecule has 0 aromatic carbocycles. The third-order valence-electron chi connectivity index (χ3n) is 1.47. The van der Waals surface area contributed by atoms with E-state index in [0.29, 0.717) is 5.92 Å². The second-order valence-corrected chi connectivity index (χ2v) is 2.03. The second kappa shape index (κ2) is 1.36. The Morgan fingerprint density at radius 2 is 2.75 bits per heavy atom. The van der Waals surface area contributed by atoms with Crippen molar-refractivity contribution in [2.45, 2.75) is 0 Å². The van der Waals surface area contributed by atoms with Crippen LogP contribution < -0.4 is 5.48 Å². The Labute approximate surface area is 47.8 Å². The molecule has 0 bridgehead atoms. The van der Waals surface area contributed by atoms with Crippen molar-refractivity contribution in [3.8, 4) is 0 Å². The quantitative estimate of drug-likeness (QED) is 0.491. The van der Waals surface area contributed by atoms with Crippen molar-refractivity contribution in [3.63, 3.8) is 0 Å². The van der Waals surface area contributed by atoms with Gasteiger partial charge in [-0.1, -0.05) is 12.2 Å². The Morgan fingerprint density at radius 3 is 3.62 bits per heavy atom. The summed E-state index contributed by atoms with van der Waals surface area (Å²) in [4.78, 5) is 4.94. The summed E-state index contributed by atoms with van der Waals surface area (Å²) in [6, 6.07) is 0. The highest BCUT2D eigenvalue weighted by Crippen LogP contribution is 2.21. The molecule has 0 aromatic heterocycles. The van der Waals surface area contributed by atoms with Gasteiger partial charge in [0.2, 0.25) is 0 Å². The monoisotopic (exact) mass is 109 g/mol. The normalized spacial score (nSPS) is 32.0. The van der Waals surface area contributed by atoms with E-state index in [1.165, 1.54) is 5.70 Å². The number of nitrogens with one attached hydrogen (secondary N) is 1. The summed E-state index contributed by atoms with van der Waals surface area (Å²) in [5.41, 5.74) is 4.02. The molecule has 1 fully saturated rings. The molecular weight excluding hydrogens is 102 g/mol. The van der Waals surface area contributed by atoms with Gasteiger partial charge >= 0.3 is 0 Å². The molecular formula is C6H7NO. The Bertz CT molecular complexity index is 160. The smallest absolute Gasteiger partial charge is 0.0864 e. The minimum absolute atomic E-state index is 0.523. The Balaban J connectivity index is 2.29. The lowest BCUT2D eigenvalue weighted by atomic mass is 10.2. The molecule has 1 aliphatic heterocycles. The zero-order valence-electron chi connectivity index (χ0n) is 4.42. The van der Waals surface area contributed by atoms with Gasteiger partial charge < -0.3 is 0 Å². The van der Waals surface area contributed by atoms with E-state index in [1.807, 2.05) is 6.08 Å². The number of hydrogen-bond donors (Lipinski definition) is 1. The highest BCUT2D eigenvalue weighted by atomic mass is 16.7. The van der Waals surface area contributed by atoms with E-state index in [2.05, 4.69) is 17.6 Å². The first-order valence-electron chi connectivity index (χ1n) is 2.73. The number of rotatable bonds is 0. The zero-order valence-corrected chi connectivity index (χ0v) is 4.42. The standard InChI is InChI=1S/C6H7NO/c1-2-5-4-8-7-6(5)3-1/h1-3,5,7H,4H2. The van der Waals surface area contributed by atoms with Gasteiger partial charge in [-0.15, -0.1) is 0 Å². The van der Waals surface area contributed by atoms with E-state index in [4.69, 9.17) is 4.84 Å². The van der Waals surface area contributed by atoms with Crippen LogP contribution in [0.4, 0.5) is 0 Å². The fourth-order valence-corrected chi connectivity index (χ4v) is 0.990. The largest absolute Gasteiger partial charge is 0.275 e. The molecule has 1 unspecified atom stereocenters. The third kappa shape index (κ3) is 0.406. The van der Waals surface area contributed by atoms with E-state index < -0.39 is 0 Å². The van der Waals surface area contributed by atoms with Crippen molar-refractivity contribution in [2.24, 2.45) is 5.92 Å². The predicted molar refractivity (Wildman–Crippen MR) is 29.8 cm³/mol. The van der Waals surface area contributed by atoms with E-state index in [9.17, 15) is 0 Å². The maximum absolute atomic E-state index is 4.94. The topological polar surface area (TPSA) is 21.3 Å². The molecule has 0 spiro atoms. The molecule has 1 heterocycles. The van der Waals surface area contributed by atoms with Gasteiger partial charge in [0.15, 0.2) is 0 Å². The summed E-state index contributed by atoms with van der Waals surface area (Å²) in [6.07, 6.45) is 6.22. The highest BCUT2D eigenvalue weighted by Gasteiger charge is 2.20. The molecule has 0 radical (unpaired) electrons. The van der Waals surface area contributed by atoms with Crippen molar-refractivity contribution < 1.29 is 4.84 Å². The molecule has 1 atom stereocenters. The average Bonchev–Trinajstić information content (AvgIpc) is 2.15. The van der Waals surface area contributed by atoms with Gasteiger partial charge in [-0.25, -0.2) is 0 Å². The molecule has 1 N–H and O–H groups in total. The number of fused-ring (bicyclic) bond motifs is 1. The summed E-state index contributed by atoms with van der Waals surface area (Å²) in [7, 11) is 0. The summed E-state index contributed by atoms with van der Waals surface area (Å²) >= 11 is 0. The van der Waals surface area contributed by atoms with E-state index in [1.54, 1.807) is 0 Å². The van der Waals surface area contributed by atoms with E-state index in [0.717, 1.165) is 6.61 Å². The Kier molecular flexibility index (Phi) is 0.704. The van der Waals surface area contributed by atoms with Crippen LogP contribution in [-0.2, 0) is 4.84 Å². The molecule has 42 valence electrons. The first kappa shape index (κ1) is 4.15. The molecule has 8 heavy (non-hydrogen) atoms. The van der Waals surface area contributed by atoms with Crippen LogP contribution in [0.5, 0.6) is 0 Å². The minimum atomic E-state index is 0.523. The van der Waals surface area contributed by atoms with Crippen LogP contribution in [0.1, 0.15) is 0 Å². The molecule has 2 nitrogen and oxygen atoms in total. The molecule has 0 amide bonds. The van der Waals surface area contributed by atoms with Gasteiger partial charge in [0.05, 0.1) is 6.61 Å². The first-order chi connectivity index (χ1) is 3.97. The molecule has 2 aliphatic rings. The third-order valence-corrected chi connectivity index (χ3v) is 1.47. The Hall–Kier alpha value is -0.760. The van der Waals surface area contributed by atoms with Crippen LogP contribution in [0.15, 0.2) is 23.9 Å². The van der Waals surface area contributed by atoms with Crippen molar-refractivity contribution in [2.75, 3.05) is 6.61 Å². The molecule has 2 rings (SSSR count). The van der Waals surface area contributed by atoms with Crippen LogP contribution in [0.25, 0.3) is 0 Å². The van der Waals surface area contributed by atoms with Crippen LogP contribution in [0.3, 0.4) is 0 Å². The molecule has 1 aliphatic carbocycles.